The number of carbonyl (C=O) groups excluding carboxylic acids is 1. The van der Waals surface area contributed by atoms with Crippen molar-refractivity contribution in [1.82, 2.24) is 24.6 Å². The molecule has 2 aliphatic rings. The topological polar surface area (TPSA) is 88.4 Å². The number of likely N-dealkylation sites (N-methyl/N-ethyl adjacent to an activating group) is 1. The molecule has 0 radical (unpaired) electrons. The van der Waals surface area contributed by atoms with E-state index in [0.717, 1.165) is 36.1 Å². The molecule has 2 aromatic heterocycles. The van der Waals surface area contributed by atoms with Gasteiger partial charge < -0.3 is 9.80 Å². The number of piperazine rings is 1. The Bertz CT molecular complexity index is 1340. The maximum absolute atomic E-state index is 13.8. The molecule has 1 atom stereocenters. The third kappa shape index (κ3) is 4.22. The van der Waals surface area contributed by atoms with Crippen molar-refractivity contribution in [3.8, 4) is 11.3 Å². The smallest absolute Gasteiger partial charge is 0.254 e. The minimum atomic E-state index is -3.09. The summed E-state index contributed by atoms with van der Waals surface area (Å²) in [6.07, 6.45) is 0.511. The van der Waals surface area contributed by atoms with Crippen molar-refractivity contribution in [3.63, 3.8) is 0 Å². The van der Waals surface area contributed by atoms with E-state index < -0.39 is 9.84 Å². The molecule has 0 N–H and O–H groups in total. The Kier molecular flexibility index (Phi) is 5.93. The zero-order chi connectivity index (χ0) is 24.0. The van der Waals surface area contributed by atoms with Crippen LogP contribution in [0.15, 0.2) is 30.3 Å². The van der Waals surface area contributed by atoms with Crippen LogP contribution in [-0.4, -0.2) is 83.1 Å². The van der Waals surface area contributed by atoms with Crippen LogP contribution in [0.3, 0.4) is 0 Å². The lowest BCUT2D eigenvalue weighted by molar-refractivity contribution is 0.0645. The molecule has 0 unspecified atom stereocenters. The van der Waals surface area contributed by atoms with Gasteiger partial charge in [-0.15, -0.1) is 0 Å². The van der Waals surface area contributed by atoms with Crippen LogP contribution in [0.25, 0.3) is 22.3 Å². The second kappa shape index (κ2) is 8.78. The summed E-state index contributed by atoms with van der Waals surface area (Å²) in [4.78, 5) is 23.0. The maximum Gasteiger partial charge on any atom is 0.254 e. The van der Waals surface area contributed by atoms with Gasteiger partial charge in [-0.1, -0.05) is 36.8 Å². The molecule has 5 rings (SSSR count). The molecule has 2 aliphatic heterocycles. The molecule has 0 spiro atoms. The third-order valence-corrected chi connectivity index (χ3v) is 8.83. The number of hydrogen-bond donors (Lipinski definition) is 0. The predicted octanol–water partition coefficient (Wildman–Crippen LogP) is 2.85. The Morgan fingerprint density at radius 3 is 2.41 bits per heavy atom. The summed E-state index contributed by atoms with van der Waals surface area (Å²) in [5.41, 5.74) is 4.65. The molecular formula is C25H31N5O3S. The Morgan fingerprint density at radius 2 is 1.79 bits per heavy atom. The summed E-state index contributed by atoms with van der Waals surface area (Å²) in [6.45, 7) is 10.1. The van der Waals surface area contributed by atoms with E-state index in [1.165, 1.54) is 0 Å². The lowest BCUT2D eigenvalue weighted by atomic mass is 10.0. The molecule has 1 amide bonds. The molecule has 9 heteroatoms. The quantitative estimate of drug-likeness (QED) is 0.569. The molecule has 0 saturated carbocycles. The fraction of sp³-hybridized carbons (Fsp3) is 0.480. The molecule has 2 fully saturated rings. The van der Waals surface area contributed by atoms with Gasteiger partial charge in [-0.2, -0.15) is 5.10 Å². The second-order valence-electron chi connectivity index (χ2n) is 9.43. The summed E-state index contributed by atoms with van der Waals surface area (Å²) in [5, 5.41) is 5.44. The van der Waals surface area contributed by atoms with Gasteiger partial charge in [0.05, 0.1) is 39.9 Å². The zero-order valence-electron chi connectivity index (χ0n) is 20.0. The molecule has 180 valence electrons. The van der Waals surface area contributed by atoms with Gasteiger partial charge in [0.15, 0.2) is 15.5 Å². The van der Waals surface area contributed by atoms with Gasteiger partial charge in [0.25, 0.3) is 5.91 Å². The summed E-state index contributed by atoms with van der Waals surface area (Å²) >= 11 is 0. The van der Waals surface area contributed by atoms with Crippen LogP contribution < -0.4 is 0 Å². The lowest BCUT2D eigenvalue weighted by Crippen LogP contribution is -2.48. The Balaban J connectivity index is 1.64. The van der Waals surface area contributed by atoms with Crippen LogP contribution >= 0.6 is 0 Å². The molecule has 34 heavy (non-hydrogen) atoms. The minimum Gasteiger partial charge on any atom is -0.336 e. The van der Waals surface area contributed by atoms with Gasteiger partial charge in [0.2, 0.25) is 0 Å². The zero-order valence-corrected chi connectivity index (χ0v) is 20.8. The van der Waals surface area contributed by atoms with E-state index in [-0.39, 0.29) is 23.5 Å². The van der Waals surface area contributed by atoms with Crippen molar-refractivity contribution >= 4 is 26.8 Å². The fourth-order valence-corrected chi connectivity index (χ4v) is 6.71. The average Bonchev–Trinajstić information content (AvgIpc) is 3.37. The van der Waals surface area contributed by atoms with Gasteiger partial charge in [-0.25, -0.2) is 18.1 Å². The van der Waals surface area contributed by atoms with E-state index in [0.29, 0.717) is 42.1 Å². The standard InChI is InChI=1S/C25H31N5O3S/c1-4-28-10-12-29(13-11-28)25(31)21-15-22(19-7-5-17(2)6-8-19)26-24-23(21)18(3)27-30(24)20-9-14-34(32,33)16-20/h5-8,15,20H,4,9-14,16H2,1-3H3/t20-/m0/s1. The van der Waals surface area contributed by atoms with Gasteiger partial charge in [-0.3, -0.25) is 4.79 Å². The lowest BCUT2D eigenvalue weighted by Gasteiger charge is -2.34. The van der Waals surface area contributed by atoms with E-state index in [2.05, 4.69) is 11.8 Å². The van der Waals surface area contributed by atoms with Gasteiger partial charge in [-0.05, 0) is 32.9 Å². The van der Waals surface area contributed by atoms with E-state index >= 15 is 0 Å². The van der Waals surface area contributed by atoms with E-state index in [4.69, 9.17) is 10.1 Å². The van der Waals surface area contributed by atoms with Crippen molar-refractivity contribution in [1.29, 1.82) is 0 Å². The van der Waals surface area contributed by atoms with E-state index in [1.807, 2.05) is 49.1 Å². The minimum absolute atomic E-state index is 0.0155. The second-order valence-corrected chi connectivity index (χ2v) is 11.7. The van der Waals surface area contributed by atoms with E-state index in [9.17, 15) is 13.2 Å². The number of aromatic nitrogens is 3. The van der Waals surface area contributed by atoms with Crippen LogP contribution in [0, 0.1) is 13.8 Å². The highest BCUT2D eigenvalue weighted by atomic mass is 32.2. The molecule has 0 aliphatic carbocycles. The van der Waals surface area contributed by atoms with Crippen LogP contribution in [0.1, 0.15) is 41.0 Å². The Labute approximate surface area is 200 Å². The third-order valence-electron chi connectivity index (χ3n) is 7.08. The number of sulfone groups is 1. The first-order valence-corrected chi connectivity index (χ1v) is 13.8. The monoisotopic (exact) mass is 481 g/mol. The summed E-state index contributed by atoms with van der Waals surface area (Å²) < 4.78 is 26.1. The van der Waals surface area contributed by atoms with Crippen molar-refractivity contribution in [2.24, 2.45) is 0 Å². The highest BCUT2D eigenvalue weighted by molar-refractivity contribution is 7.91. The summed E-state index contributed by atoms with van der Waals surface area (Å²) in [5.74, 6) is 0.198. The highest BCUT2D eigenvalue weighted by Gasteiger charge is 2.33. The molecular weight excluding hydrogens is 450 g/mol. The molecule has 8 nitrogen and oxygen atoms in total. The molecule has 2 saturated heterocycles. The SMILES string of the molecule is CCN1CCN(C(=O)c2cc(-c3ccc(C)cc3)nc3c2c(C)nn3[C@H]2CCS(=O)(=O)C2)CC1. The van der Waals surface area contributed by atoms with Gasteiger partial charge in [0, 0.05) is 31.7 Å². The van der Waals surface area contributed by atoms with Crippen LogP contribution in [0.5, 0.6) is 0 Å². The number of fused-ring (bicyclic) bond motifs is 1. The number of amides is 1. The molecule has 4 heterocycles. The fourth-order valence-electron chi connectivity index (χ4n) is 5.01. The largest absolute Gasteiger partial charge is 0.336 e. The van der Waals surface area contributed by atoms with Crippen LogP contribution in [0.2, 0.25) is 0 Å². The molecule has 3 aromatic rings. The number of nitrogens with zero attached hydrogens (tertiary/aromatic N) is 5. The number of hydrogen-bond acceptors (Lipinski definition) is 6. The molecule has 0 bridgehead atoms. The number of benzene rings is 1. The summed E-state index contributed by atoms with van der Waals surface area (Å²) in [6, 6.07) is 9.68. The number of carbonyl (C=O) groups is 1. The molecule has 1 aromatic carbocycles. The number of aryl methyl sites for hydroxylation is 2. The van der Waals surface area contributed by atoms with Crippen molar-refractivity contribution < 1.29 is 13.2 Å². The maximum atomic E-state index is 13.8. The van der Waals surface area contributed by atoms with E-state index in [1.54, 1.807) is 4.68 Å². The first-order valence-electron chi connectivity index (χ1n) is 11.9. The number of rotatable bonds is 4. The van der Waals surface area contributed by atoms with Crippen molar-refractivity contribution in [2.45, 2.75) is 33.2 Å². The summed E-state index contributed by atoms with van der Waals surface area (Å²) in [7, 11) is -3.09. The van der Waals surface area contributed by atoms with Gasteiger partial charge >= 0.3 is 0 Å². The van der Waals surface area contributed by atoms with Crippen molar-refractivity contribution in [3.05, 3.63) is 47.2 Å². The Morgan fingerprint density at radius 1 is 1.09 bits per heavy atom. The Hall–Kier alpha value is -2.78. The highest BCUT2D eigenvalue weighted by Crippen LogP contribution is 2.32. The average molecular weight is 482 g/mol. The predicted molar refractivity (Wildman–Crippen MR) is 133 cm³/mol. The van der Waals surface area contributed by atoms with Crippen LogP contribution in [-0.2, 0) is 9.84 Å². The van der Waals surface area contributed by atoms with Gasteiger partial charge in [0.1, 0.15) is 0 Å². The first kappa shape index (κ1) is 23.0. The van der Waals surface area contributed by atoms with Crippen LogP contribution in [0.4, 0.5) is 0 Å². The van der Waals surface area contributed by atoms with Crippen molar-refractivity contribution in [2.75, 3.05) is 44.2 Å². The number of pyridine rings is 1. The first-order chi connectivity index (χ1) is 16.3. The normalized spacial score (nSPS) is 20.8.